The van der Waals surface area contributed by atoms with Crippen LogP contribution >= 0.6 is 11.6 Å². The predicted molar refractivity (Wildman–Crippen MR) is 131 cm³/mol. The molecule has 4 atom stereocenters. The Kier molecular flexibility index (Phi) is 5.64. The van der Waals surface area contributed by atoms with Crippen LogP contribution in [0.15, 0.2) is 61.1 Å². The summed E-state index contributed by atoms with van der Waals surface area (Å²) in [7, 11) is 0. The van der Waals surface area contributed by atoms with E-state index in [-0.39, 0.29) is 24.5 Å². The van der Waals surface area contributed by atoms with Crippen molar-refractivity contribution in [2.75, 3.05) is 18.5 Å². The summed E-state index contributed by atoms with van der Waals surface area (Å²) in [5, 5.41) is 13.8. The summed E-state index contributed by atoms with van der Waals surface area (Å²) < 4.78 is 11.6. The smallest absolute Gasteiger partial charge is 0.196 e. The number of nitrogens with one attached hydrogen (secondary N) is 2. The van der Waals surface area contributed by atoms with Crippen molar-refractivity contribution < 1.29 is 19.4 Å². The van der Waals surface area contributed by atoms with Gasteiger partial charge in [-0.15, -0.1) is 0 Å². The lowest BCUT2D eigenvalue weighted by Gasteiger charge is -2.28. The highest BCUT2D eigenvalue weighted by atomic mass is 35.5. The molecule has 1 saturated heterocycles. The van der Waals surface area contributed by atoms with E-state index in [0.29, 0.717) is 62.9 Å². The molecule has 178 valence electrons. The van der Waals surface area contributed by atoms with Gasteiger partial charge in [0.05, 0.1) is 41.3 Å². The molecule has 2 aromatic heterocycles. The number of carbonyl (C=O) groups excluding carboxylic acids is 1. The second-order valence-corrected chi connectivity index (χ2v) is 9.31. The Bertz CT molecular complexity index is 1390. The zero-order chi connectivity index (χ0) is 23.9. The average molecular weight is 491 g/mol. The number of nitrogens with zero attached hydrogens (tertiary/aromatic N) is 2. The van der Waals surface area contributed by atoms with Crippen molar-refractivity contribution in [3.63, 3.8) is 0 Å². The number of aromatic nitrogens is 3. The van der Waals surface area contributed by atoms with Crippen LogP contribution in [0.1, 0.15) is 22.3 Å². The molecule has 0 radical (unpaired) electrons. The van der Waals surface area contributed by atoms with Crippen LogP contribution in [0.5, 0.6) is 11.5 Å². The first kappa shape index (κ1) is 22.0. The summed E-state index contributed by atoms with van der Waals surface area (Å²) in [6.07, 6.45) is 4.01. The fourth-order valence-electron chi connectivity index (χ4n) is 4.88. The Morgan fingerprint density at radius 3 is 2.80 bits per heavy atom. The van der Waals surface area contributed by atoms with E-state index in [1.165, 1.54) is 6.33 Å². The summed E-state index contributed by atoms with van der Waals surface area (Å²) in [6, 6.07) is 14.4. The van der Waals surface area contributed by atoms with E-state index in [1.54, 1.807) is 24.4 Å². The van der Waals surface area contributed by atoms with Crippen LogP contribution < -0.4 is 10.1 Å². The molecule has 9 heteroatoms. The average Bonchev–Trinajstić information content (AvgIpc) is 3.56. The summed E-state index contributed by atoms with van der Waals surface area (Å²) in [6.45, 7) is 0.512. The molecule has 0 bridgehead atoms. The fraction of sp³-hybridized carbons (Fsp3) is 0.269. The SMILES string of the molecule is O=C(c1ccc(Oc2ccccc2)cc1Cl)c1c[nH]c2ncnc(N[C@@H]3COC(CO)C4CC43)c12. The zero-order valence-corrected chi connectivity index (χ0v) is 19.4. The van der Waals surface area contributed by atoms with Gasteiger partial charge in [-0.3, -0.25) is 4.79 Å². The fourth-order valence-corrected chi connectivity index (χ4v) is 5.13. The molecule has 8 nitrogen and oxygen atoms in total. The number of aliphatic hydroxyl groups is 1. The van der Waals surface area contributed by atoms with E-state index in [2.05, 4.69) is 20.3 Å². The Hall–Kier alpha value is -3.46. The number of aliphatic hydroxyl groups excluding tert-OH is 1. The number of anilines is 1. The normalized spacial score (nSPS) is 23.0. The lowest BCUT2D eigenvalue weighted by Crippen LogP contribution is -2.39. The van der Waals surface area contributed by atoms with Gasteiger partial charge in [0, 0.05) is 17.8 Å². The van der Waals surface area contributed by atoms with Gasteiger partial charge in [0.1, 0.15) is 29.3 Å². The molecule has 0 amide bonds. The van der Waals surface area contributed by atoms with Crippen molar-refractivity contribution in [2.24, 2.45) is 11.8 Å². The van der Waals surface area contributed by atoms with Gasteiger partial charge in [-0.05, 0) is 42.5 Å². The third kappa shape index (κ3) is 4.14. The molecule has 1 aliphatic carbocycles. The van der Waals surface area contributed by atoms with Gasteiger partial charge in [0.2, 0.25) is 0 Å². The van der Waals surface area contributed by atoms with E-state index in [1.807, 2.05) is 30.3 Å². The Labute approximate surface area is 206 Å². The first-order chi connectivity index (χ1) is 17.1. The number of para-hydroxylation sites is 1. The third-order valence-corrected chi connectivity index (χ3v) is 7.07. The quantitative estimate of drug-likeness (QED) is 0.328. The Morgan fingerprint density at radius 2 is 2.00 bits per heavy atom. The van der Waals surface area contributed by atoms with Crippen LogP contribution in [0.2, 0.25) is 5.02 Å². The molecule has 35 heavy (non-hydrogen) atoms. The maximum absolute atomic E-state index is 13.5. The van der Waals surface area contributed by atoms with Gasteiger partial charge >= 0.3 is 0 Å². The number of hydrogen-bond acceptors (Lipinski definition) is 7. The van der Waals surface area contributed by atoms with Gasteiger partial charge in [0.15, 0.2) is 5.78 Å². The van der Waals surface area contributed by atoms with Crippen LogP contribution in [-0.2, 0) is 4.74 Å². The molecule has 4 aromatic rings. The third-order valence-electron chi connectivity index (χ3n) is 6.76. The molecule has 3 N–H and O–H groups in total. The highest BCUT2D eigenvalue weighted by molar-refractivity contribution is 6.35. The van der Waals surface area contributed by atoms with Crippen LogP contribution in [0.4, 0.5) is 5.82 Å². The van der Waals surface area contributed by atoms with Crippen LogP contribution in [0.3, 0.4) is 0 Å². The van der Waals surface area contributed by atoms with E-state index >= 15 is 0 Å². The van der Waals surface area contributed by atoms with Gasteiger partial charge in [-0.2, -0.15) is 0 Å². The first-order valence-corrected chi connectivity index (χ1v) is 11.9. The molecular weight excluding hydrogens is 468 g/mol. The van der Waals surface area contributed by atoms with Gasteiger partial charge in [-0.1, -0.05) is 29.8 Å². The minimum absolute atomic E-state index is 0.0397. The number of H-pyrrole nitrogens is 1. The van der Waals surface area contributed by atoms with Crippen LogP contribution in [0.25, 0.3) is 11.0 Å². The van der Waals surface area contributed by atoms with Gasteiger partial charge < -0.3 is 24.9 Å². The highest BCUT2D eigenvalue weighted by Crippen LogP contribution is 2.48. The molecule has 3 heterocycles. The van der Waals surface area contributed by atoms with Gasteiger partial charge in [0.25, 0.3) is 0 Å². The number of carbonyl (C=O) groups is 1. The topological polar surface area (TPSA) is 109 Å². The molecule has 2 fully saturated rings. The standard InChI is InChI=1S/C26H23ClN4O4/c27-20-8-15(35-14-4-2-1-3-5-14)6-7-16(20)24(33)19-10-28-25-23(19)26(30-13-29-25)31-21-12-34-22(11-32)18-9-17(18)21/h1-8,10,13,17-18,21-22,32H,9,11-12H2,(H2,28,29,30,31)/t17?,18?,21-,22?/m1/s1. The van der Waals surface area contributed by atoms with Crippen molar-refractivity contribution in [1.82, 2.24) is 15.0 Å². The number of ether oxygens (including phenoxy) is 2. The Morgan fingerprint density at radius 1 is 1.14 bits per heavy atom. The number of aromatic amines is 1. The van der Waals surface area contributed by atoms with Crippen molar-refractivity contribution in [3.05, 3.63) is 77.2 Å². The number of ketones is 1. The van der Waals surface area contributed by atoms with E-state index in [0.717, 1.165) is 6.42 Å². The summed E-state index contributed by atoms with van der Waals surface area (Å²) in [5.74, 6) is 2.32. The van der Waals surface area contributed by atoms with Crippen molar-refractivity contribution in [3.8, 4) is 11.5 Å². The number of benzene rings is 2. The molecule has 1 saturated carbocycles. The van der Waals surface area contributed by atoms with E-state index in [4.69, 9.17) is 21.1 Å². The largest absolute Gasteiger partial charge is 0.457 e. The molecule has 6 rings (SSSR count). The lowest BCUT2D eigenvalue weighted by atomic mass is 10.0. The second-order valence-electron chi connectivity index (χ2n) is 8.90. The first-order valence-electron chi connectivity index (χ1n) is 11.5. The number of fused-ring (bicyclic) bond motifs is 2. The minimum atomic E-state index is -0.241. The molecule has 1 aliphatic heterocycles. The maximum atomic E-state index is 13.5. The van der Waals surface area contributed by atoms with Crippen molar-refractivity contribution >= 4 is 34.2 Å². The van der Waals surface area contributed by atoms with Crippen molar-refractivity contribution in [2.45, 2.75) is 18.6 Å². The van der Waals surface area contributed by atoms with Gasteiger partial charge in [-0.25, -0.2) is 9.97 Å². The Balaban J connectivity index is 1.27. The lowest BCUT2D eigenvalue weighted by molar-refractivity contribution is -0.0306. The summed E-state index contributed by atoms with van der Waals surface area (Å²) in [4.78, 5) is 25.3. The molecule has 0 spiro atoms. The molecule has 3 unspecified atom stereocenters. The van der Waals surface area contributed by atoms with E-state index in [9.17, 15) is 9.90 Å². The molecular formula is C26H23ClN4O4. The van der Waals surface area contributed by atoms with Crippen molar-refractivity contribution in [1.29, 1.82) is 0 Å². The number of halogens is 1. The molecule has 2 aliphatic rings. The summed E-state index contributed by atoms with van der Waals surface area (Å²) >= 11 is 6.51. The number of rotatable bonds is 7. The maximum Gasteiger partial charge on any atom is 0.196 e. The second kappa shape index (κ2) is 8.96. The van der Waals surface area contributed by atoms with Crippen LogP contribution in [-0.4, -0.2) is 51.2 Å². The minimum Gasteiger partial charge on any atom is -0.457 e. The molecule has 2 aromatic carbocycles. The highest BCUT2D eigenvalue weighted by Gasteiger charge is 2.51. The van der Waals surface area contributed by atoms with Crippen LogP contribution in [0, 0.1) is 11.8 Å². The van der Waals surface area contributed by atoms with E-state index < -0.39 is 0 Å². The monoisotopic (exact) mass is 490 g/mol. The summed E-state index contributed by atoms with van der Waals surface area (Å²) in [5.41, 5.74) is 1.35. The number of hydrogen-bond donors (Lipinski definition) is 3. The zero-order valence-electron chi connectivity index (χ0n) is 18.6. The predicted octanol–water partition coefficient (Wildman–Crippen LogP) is 4.44.